The number of fused-ring (bicyclic) bond motifs is 9. The number of rotatable bonds is 5. The van der Waals surface area contributed by atoms with Crippen molar-refractivity contribution in [3.05, 3.63) is 182 Å². The largest absolute Gasteiger partial charge is 0.456 e. The normalized spacial score (nSPS) is 11.9. The van der Waals surface area contributed by atoms with Gasteiger partial charge in [-0.3, -0.25) is 0 Å². The molecule has 0 spiro atoms. The molecule has 0 saturated heterocycles. The SMILES string of the molecule is c1ccc(-c2nc(-c3ccccc3)nc(-c3ccc4c(c3)sc3c(-c5ccc6c(c5)oc5cc(-n7c8ccccc8c8ccccc87)ccc56)cccc34)n2)cc1. The molecule has 0 aliphatic rings. The lowest BCUT2D eigenvalue weighted by molar-refractivity contribution is 0.669. The minimum Gasteiger partial charge on any atom is -0.456 e. The molecule has 12 rings (SSSR count). The summed E-state index contributed by atoms with van der Waals surface area (Å²) in [4.78, 5) is 14.9. The van der Waals surface area contributed by atoms with Gasteiger partial charge in [-0.15, -0.1) is 11.3 Å². The molecule has 0 saturated carbocycles. The van der Waals surface area contributed by atoms with Crippen molar-refractivity contribution in [3.8, 4) is 51.0 Å². The van der Waals surface area contributed by atoms with Gasteiger partial charge >= 0.3 is 0 Å². The first-order chi connectivity index (χ1) is 28.2. The summed E-state index contributed by atoms with van der Waals surface area (Å²) >= 11 is 1.80. The van der Waals surface area contributed by atoms with Crippen LogP contribution in [0, 0.1) is 0 Å². The molecule has 12 aromatic rings. The summed E-state index contributed by atoms with van der Waals surface area (Å²) in [5.74, 6) is 1.96. The molecular weight excluding hydrogens is 717 g/mol. The Hall–Kier alpha value is -7.41. The molecule has 0 N–H and O–H groups in total. The lowest BCUT2D eigenvalue weighted by atomic mass is 10.0. The summed E-state index contributed by atoms with van der Waals surface area (Å²) in [5.41, 5.74) is 10.4. The molecule has 8 aromatic carbocycles. The highest BCUT2D eigenvalue weighted by Crippen LogP contribution is 2.43. The van der Waals surface area contributed by atoms with E-state index in [-0.39, 0.29) is 0 Å². The fourth-order valence-corrected chi connectivity index (χ4v) is 9.65. The third-order valence-corrected chi connectivity index (χ3v) is 12.3. The van der Waals surface area contributed by atoms with Crippen LogP contribution in [0.5, 0.6) is 0 Å². The zero-order valence-corrected chi connectivity index (χ0v) is 31.2. The van der Waals surface area contributed by atoms with Gasteiger partial charge in [0.2, 0.25) is 0 Å². The fourth-order valence-electron chi connectivity index (χ4n) is 8.38. The van der Waals surface area contributed by atoms with E-state index in [0.29, 0.717) is 17.5 Å². The Labute approximate surface area is 330 Å². The molecule has 266 valence electrons. The number of benzene rings is 8. The van der Waals surface area contributed by atoms with E-state index in [4.69, 9.17) is 19.4 Å². The number of thiophene rings is 1. The van der Waals surface area contributed by atoms with Gasteiger partial charge in [-0.05, 0) is 53.6 Å². The second kappa shape index (κ2) is 12.6. The van der Waals surface area contributed by atoms with Crippen molar-refractivity contribution in [2.45, 2.75) is 0 Å². The molecule has 0 radical (unpaired) electrons. The van der Waals surface area contributed by atoms with Crippen LogP contribution in [0.25, 0.3) is 115 Å². The van der Waals surface area contributed by atoms with E-state index < -0.39 is 0 Å². The Kier molecular flexibility index (Phi) is 7.03. The summed E-state index contributed by atoms with van der Waals surface area (Å²) in [7, 11) is 0. The van der Waals surface area contributed by atoms with E-state index in [0.717, 1.165) is 49.9 Å². The van der Waals surface area contributed by atoms with Crippen LogP contribution in [-0.2, 0) is 0 Å². The lowest BCUT2D eigenvalue weighted by Crippen LogP contribution is -1.99. The number of hydrogen-bond acceptors (Lipinski definition) is 5. The Balaban J connectivity index is 0.955. The van der Waals surface area contributed by atoms with Gasteiger partial charge in [0.25, 0.3) is 0 Å². The van der Waals surface area contributed by atoms with Gasteiger partial charge in [-0.1, -0.05) is 133 Å². The summed E-state index contributed by atoms with van der Waals surface area (Å²) in [6.45, 7) is 0. The first-order valence-electron chi connectivity index (χ1n) is 19.0. The molecule has 0 bridgehead atoms. The van der Waals surface area contributed by atoms with E-state index in [9.17, 15) is 0 Å². The van der Waals surface area contributed by atoms with Crippen molar-refractivity contribution in [3.63, 3.8) is 0 Å². The topological polar surface area (TPSA) is 56.7 Å². The second-order valence-electron chi connectivity index (χ2n) is 14.4. The standard InChI is InChI=1S/C51H30N4OS/c1-3-12-31(13-4-1)49-52-50(32-14-5-2-6-15-32)54-51(53-49)34-23-26-41-42-19-11-18-36(48(42)57-47(41)29-34)33-22-25-39-40-27-24-35(30-46(40)56-45(39)28-33)55-43-20-9-7-16-37(43)38-17-8-10-21-44(38)55/h1-30H. The van der Waals surface area contributed by atoms with E-state index in [1.54, 1.807) is 11.3 Å². The zero-order valence-electron chi connectivity index (χ0n) is 30.4. The molecule has 0 atom stereocenters. The molecule has 0 fully saturated rings. The van der Waals surface area contributed by atoms with E-state index in [1.807, 2.05) is 60.7 Å². The Morgan fingerprint density at radius 2 is 0.930 bits per heavy atom. The van der Waals surface area contributed by atoms with Crippen molar-refractivity contribution in [2.75, 3.05) is 0 Å². The second-order valence-corrected chi connectivity index (χ2v) is 15.4. The maximum Gasteiger partial charge on any atom is 0.164 e. The van der Waals surface area contributed by atoms with Gasteiger partial charge in [0, 0.05) is 70.2 Å². The smallest absolute Gasteiger partial charge is 0.164 e. The molecule has 4 heterocycles. The highest BCUT2D eigenvalue weighted by Gasteiger charge is 2.18. The van der Waals surface area contributed by atoms with Crippen LogP contribution in [-0.4, -0.2) is 19.5 Å². The molecule has 6 heteroatoms. The van der Waals surface area contributed by atoms with E-state index in [1.165, 1.54) is 47.5 Å². The van der Waals surface area contributed by atoms with Gasteiger partial charge in [0.05, 0.1) is 11.0 Å². The van der Waals surface area contributed by atoms with Crippen molar-refractivity contribution in [1.29, 1.82) is 0 Å². The minimum atomic E-state index is 0.652. The van der Waals surface area contributed by atoms with Crippen LogP contribution in [0.4, 0.5) is 0 Å². The maximum absolute atomic E-state index is 6.67. The Bertz CT molecular complexity index is 3420. The first-order valence-corrected chi connectivity index (χ1v) is 19.8. The van der Waals surface area contributed by atoms with Crippen molar-refractivity contribution < 1.29 is 4.42 Å². The molecule has 0 aliphatic carbocycles. The highest BCUT2D eigenvalue weighted by atomic mass is 32.1. The average molecular weight is 747 g/mol. The number of aromatic nitrogens is 4. The van der Waals surface area contributed by atoms with Gasteiger partial charge in [0.15, 0.2) is 17.5 Å². The molecule has 0 amide bonds. The van der Waals surface area contributed by atoms with Gasteiger partial charge in [0.1, 0.15) is 11.2 Å². The van der Waals surface area contributed by atoms with Gasteiger partial charge < -0.3 is 8.98 Å². The Morgan fingerprint density at radius 1 is 0.386 bits per heavy atom. The first kappa shape index (κ1) is 31.9. The molecule has 0 aliphatic heterocycles. The number of nitrogens with zero attached hydrogens (tertiary/aromatic N) is 4. The third-order valence-electron chi connectivity index (χ3n) is 11.1. The number of para-hydroxylation sites is 2. The monoisotopic (exact) mass is 746 g/mol. The average Bonchev–Trinajstić information content (AvgIpc) is 3.95. The quantitative estimate of drug-likeness (QED) is 0.176. The van der Waals surface area contributed by atoms with Crippen LogP contribution in [0.1, 0.15) is 0 Å². The summed E-state index contributed by atoms with van der Waals surface area (Å²) in [5, 5.41) is 7.15. The fraction of sp³-hybridized carbons (Fsp3) is 0. The molecule has 0 unspecified atom stereocenters. The van der Waals surface area contributed by atoms with Crippen molar-refractivity contribution >= 4 is 75.3 Å². The maximum atomic E-state index is 6.67. The zero-order chi connectivity index (χ0) is 37.5. The molecular formula is C51H30N4OS. The number of furan rings is 1. The van der Waals surface area contributed by atoms with Gasteiger partial charge in [-0.2, -0.15) is 0 Å². The van der Waals surface area contributed by atoms with Crippen molar-refractivity contribution in [2.24, 2.45) is 0 Å². The van der Waals surface area contributed by atoms with E-state index >= 15 is 0 Å². The molecule has 57 heavy (non-hydrogen) atoms. The molecule has 4 aromatic heterocycles. The summed E-state index contributed by atoms with van der Waals surface area (Å²) in [6, 6.07) is 63.8. The summed E-state index contributed by atoms with van der Waals surface area (Å²) < 4.78 is 11.4. The van der Waals surface area contributed by atoms with Crippen molar-refractivity contribution in [1.82, 2.24) is 19.5 Å². The van der Waals surface area contributed by atoms with Crippen LogP contribution in [0.15, 0.2) is 186 Å². The lowest BCUT2D eigenvalue weighted by Gasteiger charge is -2.08. The predicted molar refractivity (Wildman–Crippen MR) is 236 cm³/mol. The van der Waals surface area contributed by atoms with Crippen LogP contribution >= 0.6 is 11.3 Å². The van der Waals surface area contributed by atoms with Crippen LogP contribution in [0.2, 0.25) is 0 Å². The molecule has 5 nitrogen and oxygen atoms in total. The van der Waals surface area contributed by atoms with Crippen LogP contribution < -0.4 is 0 Å². The Morgan fingerprint density at radius 3 is 1.61 bits per heavy atom. The van der Waals surface area contributed by atoms with Crippen LogP contribution in [0.3, 0.4) is 0 Å². The predicted octanol–water partition coefficient (Wildman–Crippen LogP) is 13.9. The van der Waals surface area contributed by atoms with Gasteiger partial charge in [-0.25, -0.2) is 15.0 Å². The number of hydrogen-bond donors (Lipinski definition) is 0. The highest BCUT2D eigenvalue weighted by molar-refractivity contribution is 7.26. The minimum absolute atomic E-state index is 0.652. The van der Waals surface area contributed by atoms with E-state index in [2.05, 4.69) is 126 Å². The third kappa shape index (κ3) is 5.12. The summed E-state index contributed by atoms with van der Waals surface area (Å²) in [6.07, 6.45) is 0.